The van der Waals surface area contributed by atoms with Crippen molar-refractivity contribution in [1.82, 2.24) is 15.3 Å². The summed E-state index contributed by atoms with van der Waals surface area (Å²) in [4.78, 5) is 20.0. The van der Waals surface area contributed by atoms with Gasteiger partial charge in [0.15, 0.2) is 5.16 Å². The summed E-state index contributed by atoms with van der Waals surface area (Å²) in [6, 6.07) is 3.42. The fourth-order valence-electron chi connectivity index (χ4n) is 2.81. The molecule has 0 atom stereocenters. The number of hydrogen-bond donors (Lipinski definition) is 2. The van der Waals surface area contributed by atoms with Crippen molar-refractivity contribution in [2.24, 2.45) is 0 Å². The van der Waals surface area contributed by atoms with Crippen molar-refractivity contribution in [1.29, 1.82) is 0 Å². The molecular weight excluding hydrogens is 392 g/mol. The summed E-state index contributed by atoms with van der Waals surface area (Å²) in [6.07, 6.45) is 6.79. The zero-order chi connectivity index (χ0) is 18.6. The number of anilines is 1. The van der Waals surface area contributed by atoms with E-state index in [2.05, 4.69) is 15.3 Å². The summed E-state index contributed by atoms with van der Waals surface area (Å²) in [5, 5.41) is 4.98. The molecule has 1 fully saturated rings. The largest absolute Gasteiger partial charge is 0.382 e. The molecule has 1 aliphatic rings. The van der Waals surface area contributed by atoms with E-state index in [0.29, 0.717) is 0 Å². The number of carbonyl (C=O) groups is 1. The van der Waals surface area contributed by atoms with E-state index in [4.69, 9.17) is 5.73 Å². The van der Waals surface area contributed by atoms with E-state index >= 15 is 0 Å². The van der Waals surface area contributed by atoms with Crippen molar-refractivity contribution in [3.8, 4) is 0 Å². The number of nitrogens with one attached hydrogen (secondary N) is 1. The third kappa shape index (κ3) is 4.54. The van der Waals surface area contributed by atoms with Crippen LogP contribution in [0.1, 0.15) is 32.1 Å². The molecule has 0 spiro atoms. The van der Waals surface area contributed by atoms with Crippen molar-refractivity contribution in [2.45, 2.75) is 52.4 Å². The maximum Gasteiger partial charge on any atom is 0.230 e. The highest BCUT2D eigenvalue weighted by Gasteiger charge is 2.23. The highest BCUT2D eigenvalue weighted by Crippen LogP contribution is 2.28. The Hall–Kier alpha value is -1.65. The number of sulfone groups is 1. The van der Waals surface area contributed by atoms with Gasteiger partial charge in [0.2, 0.25) is 15.7 Å². The molecule has 0 aliphatic heterocycles. The lowest BCUT2D eigenvalue weighted by Crippen LogP contribution is -2.37. The molecule has 2 aromatic rings. The monoisotopic (exact) mass is 412 g/mol. The molecule has 3 N–H and O–H groups in total. The first-order valence-corrected chi connectivity index (χ1v) is 11.6. The topological polar surface area (TPSA) is 115 Å². The number of carbonyl (C=O) groups excluding carboxylic acids is 1. The average molecular weight is 413 g/mol. The Bertz CT molecular complexity index is 863. The lowest BCUT2D eigenvalue weighted by atomic mass is 9.95. The van der Waals surface area contributed by atoms with Crippen molar-refractivity contribution >= 4 is 44.7 Å². The van der Waals surface area contributed by atoms with E-state index in [-0.39, 0.29) is 37.8 Å². The molecule has 0 saturated heterocycles. The summed E-state index contributed by atoms with van der Waals surface area (Å²) in [6.45, 7) is 0. The summed E-state index contributed by atoms with van der Waals surface area (Å²) in [5.74, 6) is -0.00426. The number of nitrogens with two attached hydrogens (primary N) is 1. The van der Waals surface area contributed by atoms with Crippen LogP contribution in [0.2, 0.25) is 0 Å². The van der Waals surface area contributed by atoms with Crippen LogP contribution in [0.15, 0.2) is 38.0 Å². The molecule has 10 heteroatoms. The minimum Gasteiger partial charge on any atom is -0.382 e. The number of amides is 1. The van der Waals surface area contributed by atoms with Gasteiger partial charge in [-0.15, -0.1) is 11.3 Å². The molecular formula is C16H20N4O3S3. The van der Waals surface area contributed by atoms with Crippen LogP contribution in [-0.2, 0) is 14.6 Å². The second kappa shape index (κ2) is 8.36. The molecule has 7 nitrogen and oxygen atoms in total. The molecule has 3 rings (SSSR count). The fraction of sp³-hybridized carbons (Fsp3) is 0.438. The lowest BCUT2D eigenvalue weighted by molar-refractivity contribution is -0.119. The third-order valence-corrected chi connectivity index (χ3v) is 8.14. The number of thioether (sulfide) groups is 1. The van der Waals surface area contributed by atoms with E-state index in [1.807, 2.05) is 0 Å². The predicted octanol–water partition coefficient (Wildman–Crippen LogP) is 2.49. The van der Waals surface area contributed by atoms with Gasteiger partial charge in [-0.25, -0.2) is 18.4 Å². The van der Waals surface area contributed by atoms with Crippen LogP contribution in [0, 0.1) is 0 Å². The Kier molecular flexibility index (Phi) is 6.15. The molecule has 0 aromatic carbocycles. The maximum absolute atomic E-state index is 12.5. The zero-order valence-electron chi connectivity index (χ0n) is 14.1. The average Bonchev–Trinajstić information content (AvgIpc) is 3.16. The number of aromatic nitrogens is 2. The summed E-state index contributed by atoms with van der Waals surface area (Å²) >= 11 is 2.25. The molecule has 0 radical (unpaired) electrons. The van der Waals surface area contributed by atoms with Crippen LogP contribution in [0.3, 0.4) is 0 Å². The van der Waals surface area contributed by atoms with Crippen LogP contribution in [-0.4, -0.2) is 36.1 Å². The SMILES string of the molecule is Nc1nc(SCC(=O)NC2CCCCC2)ncc1S(=O)(=O)c1cccs1. The van der Waals surface area contributed by atoms with Gasteiger partial charge >= 0.3 is 0 Å². The van der Waals surface area contributed by atoms with E-state index in [1.165, 1.54) is 18.7 Å². The second-order valence-corrected chi connectivity index (χ2v) is 10.1. The molecule has 26 heavy (non-hydrogen) atoms. The van der Waals surface area contributed by atoms with Gasteiger partial charge in [-0.1, -0.05) is 37.1 Å². The van der Waals surface area contributed by atoms with Gasteiger partial charge in [0.05, 0.1) is 11.9 Å². The van der Waals surface area contributed by atoms with Crippen LogP contribution < -0.4 is 11.1 Å². The Balaban J connectivity index is 1.62. The van der Waals surface area contributed by atoms with E-state index in [0.717, 1.165) is 48.8 Å². The van der Waals surface area contributed by atoms with Gasteiger partial charge in [0, 0.05) is 6.04 Å². The zero-order valence-corrected chi connectivity index (χ0v) is 16.5. The summed E-state index contributed by atoms with van der Waals surface area (Å²) in [5.41, 5.74) is 5.83. The van der Waals surface area contributed by atoms with Gasteiger partial charge in [-0.05, 0) is 24.3 Å². The third-order valence-electron chi connectivity index (χ3n) is 4.11. The van der Waals surface area contributed by atoms with E-state index in [1.54, 1.807) is 11.4 Å². The van der Waals surface area contributed by atoms with Crippen LogP contribution >= 0.6 is 23.1 Å². The minimum atomic E-state index is -3.71. The number of nitrogens with zero attached hydrogens (tertiary/aromatic N) is 2. The molecule has 2 heterocycles. The Labute approximate surface area is 160 Å². The van der Waals surface area contributed by atoms with Gasteiger partial charge in [0.25, 0.3) is 0 Å². The van der Waals surface area contributed by atoms with E-state index < -0.39 is 9.84 Å². The Morgan fingerprint density at radius 1 is 1.35 bits per heavy atom. The van der Waals surface area contributed by atoms with Crippen LogP contribution in [0.25, 0.3) is 0 Å². The Morgan fingerprint density at radius 3 is 2.77 bits per heavy atom. The molecule has 1 aliphatic carbocycles. The smallest absolute Gasteiger partial charge is 0.230 e. The minimum absolute atomic E-state index is 0.0700. The molecule has 140 valence electrons. The van der Waals surface area contributed by atoms with Crippen molar-refractivity contribution in [3.05, 3.63) is 23.7 Å². The van der Waals surface area contributed by atoms with Gasteiger partial charge in [-0.2, -0.15) is 0 Å². The fourth-order valence-corrected chi connectivity index (χ4v) is 5.83. The first-order chi connectivity index (χ1) is 12.5. The molecule has 2 aromatic heterocycles. The number of nitrogen functional groups attached to an aromatic ring is 1. The van der Waals surface area contributed by atoms with Crippen LogP contribution in [0.4, 0.5) is 5.82 Å². The highest BCUT2D eigenvalue weighted by molar-refractivity contribution is 7.99. The van der Waals surface area contributed by atoms with Crippen molar-refractivity contribution < 1.29 is 13.2 Å². The first-order valence-electron chi connectivity index (χ1n) is 8.30. The second-order valence-electron chi connectivity index (χ2n) is 6.03. The highest BCUT2D eigenvalue weighted by atomic mass is 32.2. The standard InChI is InChI=1S/C16H20N4O3S3/c17-15-12(26(22,23)14-7-4-8-24-14)9-18-16(20-15)25-10-13(21)19-11-5-2-1-3-6-11/h4,7-9,11H,1-3,5-6,10H2,(H,19,21)(H2,17,18,20). The van der Waals surface area contributed by atoms with Gasteiger partial charge < -0.3 is 11.1 Å². The van der Waals surface area contributed by atoms with E-state index in [9.17, 15) is 13.2 Å². The molecule has 0 bridgehead atoms. The quantitative estimate of drug-likeness (QED) is 0.553. The van der Waals surface area contributed by atoms with Gasteiger partial charge in [0.1, 0.15) is 14.9 Å². The molecule has 1 saturated carbocycles. The number of hydrogen-bond acceptors (Lipinski definition) is 8. The first kappa shape index (κ1) is 19.1. The predicted molar refractivity (Wildman–Crippen MR) is 102 cm³/mol. The van der Waals surface area contributed by atoms with Crippen molar-refractivity contribution in [2.75, 3.05) is 11.5 Å². The summed E-state index contributed by atoms with van der Waals surface area (Å²) in [7, 11) is -3.71. The lowest BCUT2D eigenvalue weighted by Gasteiger charge is -2.22. The number of thiophene rings is 1. The Morgan fingerprint density at radius 2 is 2.12 bits per heavy atom. The molecule has 1 amide bonds. The summed E-state index contributed by atoms with van der Waals surface area (Å²) < 4.78 is 25.2. The van der Waals surface area contributed by atoms with Gasteiger partial charge in [-0.3, -0.25) is 4.79 Å². The maximum atomic E-state index is 12.5. The van der Waals surface area contributed by atoms with Crippen LogP contribution in [0.5, 0.6) is 0 Å². The molecule has 0 unspecified atom stereocenters. The normalized spacial score (nSPS) is 15.7. The van der Waals surface area contributed by atoms with Crippen molar-refractivity contribution in [3.63, 3.8) is 0 Å². The number of rotatable bonds is 6.